The molecule has 0 fully saturated rings. The molecule has 7 nitrogen and oxygen atoms in total. The van der Waals surface area contributed by atoms with Crippen molar-refractivity contribution in [2.24, 2.45) is 0 Å². The summed E-state index contributed by atoms with van der Waals surface area (Å²) in [5.74, 6) is 0.852. The first-order chi connectivity index (χ1) is 12.1. The van der Waals surface area contributed by atoms with Crippen LogP contribution in [0.15, 0.2) is 30.7 Å². The van der Waals surface area contributed by atoms with Crippen molar-refractivity contribution in [3.8, 4) is 11.8 Å². The number of fused-ring (bicyclic) bond motifs is 1. The van der Waals surface area contributed by atoms with Gasteiger partial charge in [-0.05, 0) is 25.1 Å². The Labute approximate surface area is 144 Å². The van der Waals surface area contributed by atoms with E-state index in [9.17, 15) is 4.39 Å². The first-order valence-corrected chi connectivity index (χ1v) is 7.77. The Kier molecular flexibility index (Phi) is 4.75. The molecular formula is C17H17FN6O. The molecule has 8 heteroatoms. The summed E-state index contributed by atoms with van der Waals surface area (Å²) in [6, 6.07) is 6.23. The van der Waals surface area contributed by atoms with Crippen LogP contribution in [-0.4, -0.2) is 26.9 Å². The van der Waals surface area contributed by atoms with Gasteiger partial charge in [-0.2, -0.15) is 10.4 Å². The van der Waals surface area contributed by atoms with E-state index in [0.717, 1.165) is 5.39 Å². The molecule has 2 heterocycles. The topological polar surface area (TPSA) is 88.7 Å². The molecule has 1 aromatic carbocycles. The van der Waals surface area contributed by atoms with Crippen LogP contribution in [0.4, 0.5) is 10.2 Å². The molecule has 0 aliphatic rings. The van der Waals surface area contributed by atoms with Crippen LogP contribution in [-0.2, 0) is 6.54 Å². The number of hydrogen-bond acceptors (Lipinski definition) is 6. The standard InChI is InChI=1S/C17H17FN6O/c1-11(13-8-12(18)4-5-15(13)25-2)23-16-14-9-22-24(7-3-6-19)17(14)21-10-20-16/h4-5,8-11H,3,7H2,1-2H3,(H,20,21,23). The number of nitrogens with zero attached hydrogens (tertiary/aromatic N) is 5. The highest BCUT2D eigenvalue weighted by molar-refractivity contribution is 5.86. The van der Waals surface area contributed by atoms with E-state index in [2.05, 4.69) is 26.5 Å². The molecule has 0 amide bonds. The molecule has 1 N–H and O–H groups in total. The molecular weight excluding hydrogens is 323 g/mol. The predicted octanol–water partition coefficient (Wildman–Crippen LogP) is 3.06. The highest BCUT2D eigenvalue weighted by atomic mass is 19.1. The fraction of sp³-hybridized carbons (Fsp3) is 0.294. The molecule has 2 aromatic heterocycles. The number of aromatic nitrogens is 4. The zero-order chi connectivity index (χ0) is 17.8. The van der Waals surface area contributed by atoms with Gasteiger partial charge in [0.15, 0.2) is 5.65 Å². The maximum Gasteiger partial charge on any atom is 0.163 e. The monoisotopic (exact) mass is 340 g/mol. The summed E-state index contributed by atoms with van der Waals surface area (Å²) >= 11 is 0. The molecule has 0 aliphatic carbocycles. The average molecular weight is 340 g/mol. The zero-order valence-corrected chi connectivity index (χ0v) is 13.9. The average Bonchev–Trinajstić information content (AvgIpc) is 3.04. The number of hydrogen-bond donors (Lipinski definition) is 1. The molecule has 1 atom stereocenters. The van der Waals surface area contributed by atoms with Crippen LogP contribution in [0.2, 0.25) is 0 Å². The number of nitrogens with one attached hydrogen (secondary N) is 1. The normalized spacial score (nSPS) is 11.9. The van der Waals surface area contributed by atoms with Crippen molar-refractivity contribution < 1.29 is 9.13 Å². The number of nitriles is 1. The maximum atomic E-state index is 13.6. The summed E-state index contributed by atoms with van der Waals surface area (Å²) in [4.78, 5) is 8.51. The van der Waals surface area contributed by atoms with Gasteiger partial charge in [0.05, 0.1) is 43.8 Å². The third kappa shape index (κ3) is 3.35. The molecule has 128 valence electrons. The van der Waals surface area contributed by atoms with Gasteiger partial charge < -0.3 is 10.1 Å². The van der Waals surface area contributed by atoms with Crippen molar-refractivity contribution in [2.45, 2.75) is 25.9 Å². The summed E-state index contributed by atoms with van der Waals surface area (Å²) in [5.41, 5.74) is 1.33. The first kappa shape index (κ1) is 16.6. The second-order valence-electron chi connectivity index (χ2n) is 5.49. The molecule has 3 rings (SSSR count). The van der Waals surface area contributed by atoms with E-state index in [0.29, 0.717) is 35.7 Å². The van der Waals surface area contributed by atoms with E-state index in [4.69, 9.17) is 10.00 Å². The van der Waals surface area contributed by atoms with Crippen molar-refractivity contribution in [3.63, 3.8) is 0 Å². The van der Waals surface area contributed by atoms with Gasteiger partial charge in [-0.15, -0.1) is 0 Å². The second-order valence-corrected chi connectivity index (χ2v) is 5.49. The Morgan fingerprint density at radius 1 is 1.40 bits per heavy atom. The molecule has 25 heavy (non-hydrogen) atoms. The van der Waals surface area contributed by atoms with Gasteiger partial charge in [-0.1, -0.05) is 0 Å². The largest absolute Gasteiger partial charge is 0.496 e. The SMILES string of the molecule is COc1ccc(F)cc1C(C)Nc1ncnc2c1cnn2CCC#N. The number of benzene rings is 1. The van der Waals surface area contributed by atoms with Gasteiger partial charge >= 0.3 is 0 Å². The Morgan fingerprint density at radius 3 is 3.00 bits per heavy atom. The summed E-state index contributed by atoms with van der Waals surface area (Å²) in [7, 11) is 1.55. The minimum atomic E-state index is -0.332. The summed E-state index contributed by atoms with van der Waals surface area (Å²) in [6.45, 7) is 2.36. The molecule has 3 aromatic rings. The van der Waals surface area contributed by atoms with Gasteiger partial charge in [0.1, 0.15) is 23.7 Å². The van der Waals surface area contributed by atoms with Gasteiger partial charge in [0.2, 0.25) is 0 Å². The molecule has 0 radical (unpaired) electrons. The summed E-state index contributed by atoms with van der Waals surface area (Å²) in [5, 5.41) is 17.0. The van der Waals surface area contributed by atoms with Crippen LogP contribution in [0.25, 0.3) is 11.0 Å². The fourth-order valence-electron chi connectivity index (χ4n) is 2.65. The summed E-state index contributed by atoms with van der Waals surface area (Å²) < 4.78 is 20.6. The van der Waals surface area contributed by atoms with Crippen LogP contribution in [0.1, 0.15) is 24.9 Å². The molecule has 0 saturated heterocycles. The Morgan fingerprint density at radius 2 is 2.24 bits per heavy atom. The van der Waals surface area contributed by atoms with E-state index >= 15 is 0 Å². The Bertz CT molecular complexity index is 933. The van der Waals surface area contributed by atoms with Gasteiger partial charge in [0.25, 0.3) is 0 Å². The first-order valence-electron chi connectivity index (χ1n) is 7.77. The van der Waals surface area contributed by atoms with Crippen molar-refractivity contribution >= 4 is 16.9 Å². The third-order valence-corrected chi connectivity index (χ3v) is 3.88. The van der Waals surface area contributed by atoms with Gasteiger partial charge in [-0.25, -0.2) is 19.0 Å². The lowest BCUT2D eigenvalue weighted by Gasteiger charge is -2.18. The van der Waals surface area contributed by atoms with E-state index in [1.165, 1.54) is 18.5 Å². The molecule has 0 saturated carbocycles. The van der Waals surface area contributed by atoms with Crippen LogP contribution >= 0.6 is 0 Å². The smallest absolute Gasteiger partial charge is 0.163 e. The third-order valence-electron chi connectivity index (χ3n) is 3.88. The lowest BCUT2D eigenvalue weighted by atomic mass is 10.1. The van der Waals surface area contributed by atoms with Crippen molar-refractivity contribution in [2.75, 3.05) is 12.4 Å². The highest BCUT2D eigenvalue weighted by Crippen LogP contribution is 2.29. The van der Waals surface area contributed by atoms with E-state index in [1.807, 2.05) is 6.92 Å². The number of methoxy groups -OCH3 is 1. The molecule has 0 aliphatic heterocycles. The predicted molar refractivity (Wildman–Crippen MR) is 90.5 cm³/mol. The van der Waals surface area contributed by atoms with E-state index in [1.54, 1.807) is 24.1 Å². The van der Waals surface area contributed by atoms with E-state index in [-0.39, 0.29) is 11.9 Å². The minimum absolute atomic E-state index is 0.244. The van der Waals surface area contributed by atoms with E-state index < -0.39 is 0 Å². The molecule has 0 bridgehead atoms. The van der Waals surface area contributed by atoms with Crippen LogP contribution in [0.5, 0.6) is 5.75 Å². The number of aryl methyl sites for hydroxylation is 1. The Hall–Kier alpha value is -3.21. The van der Waals surface area contributed by atoms with Crippen molar-refractivity contribution in [1.82, 2.24) is 19.7 Å². The number of anilines is 1. The lowest BCUT2D eigenvalue weighted by molar-refractivity contribution is 0.406. The van der Waals surface area contributed by atoms with Crippen LogP contribution in [0, 0.1) is 17.1 Å². The Balaban J connectivity index is 1.92. The quantitative estimate of drug-likeness (QED) is 0.742. The lowest BCUT2D eigenvalue weighted by Crippen LogP contribution is -2.10. The molecule has 0 spiro atoms. The van der Waals surface area contributed by atoms with Crippen LogP contribution < -0.4 is 10.1 Å². The number of ether oxygens (including phenoxy) is 1. The number of halogens is 1. The minimum Gasteiger partial charge on any atom is -0.496 e. The maximum absolute atomic E-state index is 13.6. The highest BCUT2D eigenvalue weighted by Gasteiger charge is 2.16. The van der Waals surface area contributed by atoms with Gasteiger partial charge in [-0.3, -0.25) is 0 Å². The fourth-order valence-corrected chi connectivity index (χ4v) is 2.65. The summed E-state index contributed by atoms with van der Waals surface area (Å²) in [6.07, 6.45) is 3.44. The second kappa shape index (κ2) is 7.13. The van der Waals surface area contributed by atoms with Crippen molar-refractivity contribution in [3.05, 3.63) is 42.1 Å². The molecule has 1 unspecified atom stereocenters. The van der Waals surface area contributed by atoms with Crippen LogP contribution in [0.3, 0.4) is 0 Å². The zero-order valence-electron chi connectivity index (χ0n) is 13.9. The van der Waals surface area contributed by atoms with Gasteiger partial charge in [0, 0.05) is 5.56 Å². The van der Waals surface area contributed by atoms with Crippen molar-refractivity contribution in [1.29, 1.82) is 5.26 Å². The number of rotatable bonds is 6.